The van der Waals surface area contributed by atoms with Crippen LogP contribution in [-0.4, -0.2) is 21.6 Å². The van der Waals surface area contributed by atoms with Gasteiger partial charge in [0.2, 0.25) is 0 Å². The number of sulfone groups is 1. The molecule has 1 aliphatic heterocycles. The first-order valence-corrected chi connectivity index (χ1v) is 11.0. The number of hydrogen-bond acceptors (Lipinski definition) is 4. The van der Waals surface area contributed by atoms with Crippen LogP contribution in [0.15, 0.2) is 54.6 Å². The van der Waals surface area contributed by atoms with Gasteiger partial charge in [-0.3, -0.25) is 0 Å². The number of benzene rings is 3. The van der Waals surface area contributed by atoms with Gasteiger partial charge in [0.25, 0.3) is 0 Å². The zero-order valence-electron chi connectivity index (χ0n) is 14.7. The number of fused-ring (bicyclic) bond motifs is 2. The van der Waals surface area contributed by atoms with Gasteiger partial charge in [-0.1, -0.05) is 54.1 Å². The minimum atomic E-state index is -3.39. The molecular weight excluding hydrogens is 384 g/mol. The molecule has 0 amide bonds. The van der Waals surface area contributed by atoms with Gasteiger partial charge in [-0.25, -0.2) is 8.42 Å². The molecule has 140 valence electrons. The summed E-state index contributed by atoms with van der Waals surface area (Å²) in [5, 5.41) is 2.37. The summed E-state index contributed by atoms with van der Waals surface area (Å²) in [6, 6.07) is 16.9. The Morgan fingerprint density at radius 2 is 1.70 bits per heavy atom. The van der Waals surface area contributed by atoms with Gasteiger partial charge in [-0.05, 0) is 34.0 Å². The fourth-order valence-electron chi connectivity index (χ4n) is 3.33. The Hall–Kier alpha value is -2.24. The summed E-state index contributed by atoms with van der Waals surface area (Å²) in [6.45, 7) is 1.06. The van der Waals surface area contributed by atoms with Crippen molar-refractivity contribution in [1.29, 1.82) is 0 Å². The van der Waals surface area contributed by atoms with Crippen molar-refractivity contribution in [3.63, 3.8) is 0 Å². The molecule has 0 unspecified atom stereocenters. The fourth-order valence-corrected chi connectivity index (χ4v) is 5.12. The molecule has 0 fully saturated rings. The molecule has 0 aliphatic carbocycles. The normalized spacial score (nSPS) is 14.1. The lowest BCUT2D eigenvalue weighted by Crippen LogP contribution is -2.08. The van der Waals surface area contributed by atoms with E-state index in [1.807, 2.05) is 42.5 Å². The third-order valence-corrected chi connectivity index (χ3v) is 6.31. The summed E-state index contributed by atoms with van der Waals surface area (Å²) < 4.78 is 36.9. The number of hydrogen-bond donors (Lipinski definition) is 0. The van der Waals surface area contributed by atoms with Crippen LogP contribution in [0.3, 0.4) is 0 Å². The molecule has 3 aromatic rings. The number of ether oxygens (including phenoxy) is 2. The Bertz CT molecular complexity index is 1090. The lowest BCUT2D eigenvalue weighted by molar-refractivity contribution is 0.297. The summed E-state index contributed by atoms with van der Waals surface area (Å²) in [6.07, 6.45) is 0.764. The average molecular weight is 403 g/mol. The van der Waals surface area contributed by atoms with Crippen molar-refractivity contribution >= 4 is 32.2 Å². The molecule has 6 heteroatoms. The first-order valence-electron chi connectivity index (χ1n) is 8.77. The second kappa shape index (κ2) is 7.41. The topological polar surface area (TPSA) is 52.6 Å². The lowest BCUT2D eigenvalue weighted by atomic mass is 10.1. The predicted octanol–water partition coefficient (Wildman–Crippen LogP) is 4.77. The van der Waals surface area contributed by atoms with Crippen molar-refractivity contribution in [2.45, 2.75) is 17.9 Å². The molecule has 0 bridgehead atoms. The molecule has 4 rings (SSSR count). The molecule has 1 aliphatic rings. The Morgan fingerprint density at radius 1 is 0.926 bits per heavy atom. The van der Waals surface area contributed by atoms with Crippen LogP contribution in [0.2, 0.25) is 5.02 Å². The Labute approximate surface area is 163 Å². The smallest absolute Gasteiger partial charge is 0.179 e. The highest BCUT2D eigenvalue weighted by Gasteiger charge is 2.20. The predicted molar refractivity (Wildman–Crippen MR) is 107 cm³/mol. The third kappa shape index (κ3) is 4.04. The molecule has 27 heavy (non-hydrogen) atoms. The molecule has 0 atom stereocenters. The summed E-state index contributed by atoms with van der Waals surface area (Å²) in [5.74, 6) is 0.868. The van der Waals surface area contributed by atoms with E-state index in [0.29, 0.717) is 35.3 Å². The van der Waals surface area contributed by atoms with Gasteiger partial charge in [0.05, 0.1) is 29.7 Å². The molecule has 1 heterocycles. The van der Waals surface area contributed by atoms with Crippen LogP contribution < -0.4 is 9.47 Å². The Balaban J connectivity index is 1.62. The van der Waals surface area contributed by atoms with Crippen molar-refractivity contribution in [2.24, 2.45) is 0 Å². The maximum Gasteiger partial charge on any atom is 0.179 e. The van der Waals surface area contributed by atoms with Gasteiger partial charge in [0, 0.05) is 6.42 Å². The minimum Gasteiger partial charge on any atom is -0.489 e. The van der Waals surface area contributed by atoms with Crippen LogP contribution in [0.4, 0.5) is 0 Å². The maximum absolute atomic E-state index is 12.8. The third-order valence-electron chi connectivity index (χ3n) is 4.50. The van der Waals surface area contributed by atoms with E-state index >= 15 is 0 Å². The van der Waals surface area contributed by atoms with E-state index in [2.05, 4.69) is 0 Å². The van der Waals surface area contributed by atoms with E-state index < -0.39 is 9.84 Å². The minimum absolute atomic E-state index is 0.0274. The molecule has 0 spiro atoms. The highest BCUT2D eigenvalue weighted by molar-refractivity contribution is 7.89. The van der Waals surface area contributed by atoms with Gasteiger partial charge in [-0.15, -0.1) is 0 Å². The summed E-state index contributed by atoms with van der Waals surface area (Å²) >= 11 is 6.29. The average Bonchev–Trinajstić information content (AvgIpc) is 2.87. The van der Waals surface area contributed by atoms with E-state index in [9.17, 15) is 8.42 Å². The molecule has 0 saturated carbocycles. The lowest BCUT2D eigenvalue weighted by Gasteiger charge is -2.12. The van der Waals surface area contributed by atoms with E-state index in [0.717, 1.165) is 22.8 Å². The van der Waals surface area contributed by atoms with Crippen molar-refractivity contribution < 1.29 is 17.9 Å². The molecule has 0 radical (unpaired) electrons. The number of rotatable bonds is 4. The quantitative estimate of drug-likeness (QED) is 0.630. The van der Waals surface area contributed by atoms with Crippen molar-refractivity contribution in [2.75, 3.05) is 13.2 Å². The molecule has 0 saturated heterocycles. The van der Waals surface area contributed by atoms with Crippen LogP contribution in [0.5, 0.6) is 11.5 Å². The molecule has 4 nitrogen and oxygen atoms in total. The van der Waals surface area contributed by atoms with Crippen LogP contribution in [0, 0.1) is 0 Å². The standard InChI is InChI=1S/C21H19ClO4S/c22-19-11-15(12-20-21(19)26-10-4-9-25-20)13-27(23,24)14-17-7-3-6-16-5-1-2-8-18(16)17/h1-3,5-8,11-12H,4,9-10,13-14H2. The molecular formula is C21H19ClO4S. The summed E-state index contributed by atoms with van der Waals surface area (Å²) in [7, 11) is -3.39. The summed E-state index contributed by atoms with van der Waals surface area (Å²) in [4.78, 5) is 0. The van der Waals surface area contributed by atoms with Gasteiger partial charge < -0.3 is 9.47 Å². The first-order chi connectivity index (χ1) is 13.0. The van der Waals surface area contributed by atoms with E-state index in [1.54, 1.807) is 12.1 Å². The van der Waals surface area contributed by atoms with Crippen LogP contribution in [0.25, 0.3) is 10.8 Å². The van der Waals surface area contributed by atoms with Gasteiger partial charge >= 0.3 is 0 Å². The second-order valence-electron chi connectivity index (χ2n) is 6.63. The van der Waals surface area contributed by atoms with Crippen molar-refractivity contribution in [3.05, 3.63) is 70.7 Å². The monoisotopic (exact) mass is 402 g/mol. The van der Waals surface area contributed by atoms with Gasteiger partial charge in [0.15, 0.2) is 21.3 Å². The highest BCUT2D eigenvalue weighted by Crippen LogP contribution is 2.38. The highest BCUT2D eigenvalue weighted by atomic mass is 35.5. The second-order valence-corrected chi connectivity index (χ2v) is 9.10. The zero-order valence-corrected chi connectivity index (χ0v) is 16.2. The van der Waals surface area contributed by atoms with Crippen LogP contribution in [-0.2, 0) is 21.3 Å². The molecule has 3 aromatic carbocycles. The van der Waals surface area contributed by atoms with E-state index in [-0.39, 0.29) is 11.5 Å². The summed E-state index contributed by atoms with van der Waals surface area (Å²) in [5.41, 5.74) is 1.40. The van der Waals surface area contributed by atoms with E-state index in [1.165, 1.54) is 0 Å². The Kier molecular flexibility index (Phi) is 4.98. The maximum atomic E-state index is 12.8. The number of halogens is 1. The largest absolute Gasteiger partial charge is 0.489 e. The van der Waals surface area contributed by atoms with Gasteiger partial charge in [-0.2, -0.15) is 0 Å². The first kappa shape index (κ1) is 18.1. The van der Waals surface area contributed by atoms with Crippen molar-refractivity contribution in [3.8, 4) is 11.5 Å². The van der Waals surface area contributed by atoms with Crippen LogP contribution in [0.1, 0.15) is 17.5 Å². The SMILES string of the molecule is O=S(=O)(Cc1cc(Cl)c2c(c1)OCCCO2)Cc1cccc2ccccc12. The fraction of sp³-hybridized carbons (Fsp3) is 0.238. The van der Waals surface area contributed by atoms with Gasteiger partial charge in [0.1, 0.15) is 0 Å². The zero-order chi connectivity index (χ0) is 18.9. The molecule has 0 N–H and O–H groups in total. The molecule has 0 aromatic heterocycles. The van der Waals surface area contributed by atoms with E-state index in [4.69, 9.17) is 21.1 Å². The Morgan fingerprint density at radius 3 is 2.59 bits per heavy atom. The van der Waals surface area contributed by atoms with Crippen molar-refractivity contribution in [1.82, 2.24) is 0 Å². The van der Waals surface area contributed by atoms with Crippen LogP contribution >= 0.6 is 11.6 Å².